The van der Waals surface area contributed by atoms with Crippen molar-refractivity contribution in [1.29, 1.82) is 0 Å². The maximum atomic E-state index is 3.00. The van der Waals surface area contributed by atoms with Crippen molar-refractivity contribution in [2.24, 2.45) is 35.5 Å². The smallest absolute Gasteiger partial charge is 0.0728 e. The molecule has 9 aliphatic rings. The van der Waals surface area contributed by atoms with Crippen molar-refractivity contribution in [2.75, 3.05) is 12.3 Å². The molecule has 8 fully saturated rings. The highest BCUT2D eigenvalue weighted by molar-refractivity contribution is 7.61. The maximum absolute atomic E-state index is 3.00. The molecule has 9 rings (SSSR count). The van der Waals surface area contributed by atoms with E-state index in [9.17, 15) is 0 Å². The van der Waals surface area contributed by atoms with Crippen LogP contribution < -0.4 is 0 Å². The highest BCUT2D eigenvalue weighted by atomic mass is 31.1. The van der Waals surface area contributed by atoms with Gasteiger partial charge < -0.3 is 0 Å². The zero-order valence-electron chi connectivity index (χ0n) is 31.9. The quantitative estimate of drug-likeness (QED) is 0.177. The van der Waals surface area contributed by atoms with Crippen molar-refractivity contribution >= 4 is 32.0 Å². The summed E-state index contributed by atoms with van der Waals surface area (Å²) in [4.78, 5) is 0. The van der Waals surface area contributed by atoms with Crippen molar-refractivity contribution in [3.63, 3.8) is 0 Å². The monoisotopic (exact) mass is 682 g/mol. The molecule has 45 heavy (non-hydrogen) atoms. The molecule has 9 aliphatic carbocycles. The van der Waals surface area contributed by atoms with Gasteiger partial charge >= 0.3 is 0 Å². The highest BCUT2D eigenvalue weighted by Crippen LogP contribution is 2.79. The van der Waals surface area contributed by atoms with Gasteiger partial charge in [-0.1, -0.05) is 114 Å². The van der Waals surface area contributed by atoms with Crippen LogP contribution in [0.25, 0.3) is 0 Å². The minimum atomic E-state index is -1.45. The third kappa shape index (κ3) is 6.22. The molecule has 0 heterocycles. The van der Waals surface area contributed by atoms with Crippen molar-refractivity contribution in [2.45, 2.75) is 184 Å². The second-order valence-electron chi connectivity index (χ2n) is 22.5. The van der Waals surface area contributed by atoms with E-state index in [-0.39, 0.29) is 15.8 Å². The van der Waals surface area contributed by atoms with E-state index >= 15 is 0 Å². The van der Waals surface area contributed by atoms with Gasteiger partial charge in [-0.2, -0.15) is 0 Å². The molecular formula is C41H72P2Si2. The Balaban J connectivity index is 1.37. The molecule has 8 bridgehead atoms. The predicted octanol–water partition coefficient (Wildman–Crippen LogP) is 13.3. The highest BCUT2D eigenvalue weighted by Gasteiger charge is 2.63. The normalized spacial score (nSPS) is 41.9. The molecule has 0 aliphatic heterocycles. The molecule has 0 aromatic heterocycles. The third-order valence-corrected chi connectivity index (χ3v) is 27.4. The van der Waals surface area contributed by atoms with Crippen LogP contribution >= 0.6 is 15.8 Å². The topological polar surface area (TPSA) is 0 Å². The van der Waals surface area contributed by atoms with Crippen LogP contribution in [-0.4, -0.2) is 49.1 Å². The van der Waals surface area contributed by atoms with Gasteiger partial charge in [-0.3, -0.25) is 0 Å². The average molecular weight is 683 g/mol. The van der Waals surface area contributed by atoms with Gasteiger partial charge in [0.2, 0.25) is 0 Å². The molecule has 254 valence electrons. The van der Waals surface area contributed by atoms with Gasteiger partial charge in [-0.15, -0.1) is 0 Å². The predicted molar refractivity (Wildman–Crippen MR) is 210 cm³/mol. The van der Waals surface area contributed by atoms with Crippen LogP contribution in [0.5, 0.6) is 0 Å². The van der Waals surface area contributed by atoms with Crippen molar-refractivity contribution in [3.05, 3.63) is 22.4 Å². The Hall–Kier alpha value is 0.774. The van der Waals surface area contributed by atoms with Gasteiger partial charge in [0, 0.05) is 0 Å². The Morgan fingerprint density at radius 1 is 0.600 bits per heavy atom. The van der Waals surface area contributed by atoms with Gasteiger partial charge in [0.05, 0.1) is 16.1 Å². The summed E-state index contributed by atoms with van der Waals surface area (Å²) >= 11 is 0. The molecular weight excluding hydrogens is 611 g/mol. The lowest BCUT2D eigenvalue weighted by Gasteiger charge is -2.67. The molecule has 0 amide bonds. The number of hydrogen-bond donors (Lipinski definition) is 0. The summed E-state index contributed by atoms with van der Waals surface area (Å²) in [5.74, 6) is 6.53. The zero-order valence-corrected chi connectivity index (χ0v) is 35.7. The van der Waals surface area contributed by atoms with Gasteiger partial charge in [0.25, 0.3) is 0 Å². The summed E-state index contributed by atoms with van der Waals surface area (Å²) < 4.78 is 0. The van der Waals surface area contributed by atoms with E-state index in [0.717, 1.165) is 51.4 Å². The molecule has 0 radical (unpaired) electrons. The Morgan fingerprint density at radius 3 is 1.24 bits per heavy atom. The Kier molecular flexibility index (Phi) is 8.47. The summed E-state index contributed by atoms with van der Waals surface area (Å²) in [6, 6.07) is 0. The SMILES string of the molecule is CC(C)(C)P(CC1=C(CP(C23CC4CC(CC(C4)C2)C3)C23CC4CC(CC(C4)C2)C3)C=C([Si](C)(C)C)C1[Si](C)(C)C)C(C)(C)C. The van der Waals surface area contributed by atoms with Crippen LogP contribution in [0.3, 0.4) is 0 Å². The molecule has 0 saturated heterocycles. The van der Waals surface area contributed by atoms with Gasteiger partial charge in [0.1, 0.15) is 0 Å². The largest absolute Gasteiger partial charge is 0.0915 e. The van der Waals surface area contributed by atoms with Crippen LogP contribution in [0, 0.1) is 35.5 Å². The Bertz CT molecular complexity index is 1100. The lowest BCUT2D eigenvalue weighted by molar-refractivity contribution is 0.0187. The fourth-order valence-corrected chi connectivity index (χ4v) is 29.8. The van der Waals surface area contributed by atoms with E-state index in [2.05, 4.69) is 86.9 Å². The van der Waals surface area contributed by atoms with Crippen LogP contribution in [0.2, 0.25) is 44.8 Å². The molecule has 8 saturated carbocycles. The van der Waals surface area contributed by atoms with Crippen molar-refractivity contribution in [1.82, 2.24) is 0 Å². The van der Waals surface area contributed by atoms with E-state index in [4.69, 9.17) is 0 Å². The second-order valence-corrected chi connectivity index (χ2v) is 39.8. The summed E-state index contributed by atoms with van der Waals surface area (Å²) in [6.45, 7) is 31.9. The maximum Gasteiger partial charge on any atom is 0.0728 e. The van der Waals surface area contributed by atoms with E-state index in [1.807, 2.05) is 16.3 Å². The van der Waals surface area contributed by atoms with Crippen LogP contribution in [0.15, 0.2) is 22.4 Å². The van der Waals surface area contributed by atoms with Gasteiger partial charge in [0.15, 0.2) is 0 Å². The second kappa shape index (κ2) is 11.1. The molecule has 0 aromatic rings. The van der Waals surface area contributed by atoms with Crippen LogP contribution in [0.1, 0.15) is 119 Å². The standard InChI is InChI=1S/C41H72P2Si2/c1-38(2,3)42(39(4,5)6)27-35-34(19-36(44(7,8)9)37(35)45(10,11)12)26-43(40-20-28-13-29(21-40)15-30(14-28)22-40)41-23-31-16-32(24-41)18-33(17-31)25-41/h19,28-33,37H,13-18,20-27H2,1-12H3. The van der Waals surface area contributed by atoms with E-state index in [1.54, 1.807) is 77.0 Å². The first kappa shape index (κ1) is 34.2. The lowest BCUT2D eigenvalue weighted by atomic mass is 9.55. The van der Waals surface area contributed by atoms with Crippen molar-refractivity contribution in [3.8, 4) is 0 Å². The Morgan fingerprint density at radius 2 is 0.956 bits per heavy atom. The lowest BCUT2D eigenvalue weighted by Crippen LogP contribution is -2.57. The summed E-state index contributed by atoms with van der Waals surface area (Å²) in [7, 11) is -3.04. The molecule has 4 heteroatoms. The first-order chi connectivity index (χ1) is 20.7. The van der Waals surface area contributed by atoms with E-state index in [0.29, 0.717) is 10.3 Å². The molecule has 0 aromatic carbocycles. The van der Waals surface area contributed by atoms with Crippen LogP contribution in [0.4, 0.5) is 0 Å². The summed E-state index contributed by atoms with van der Waals surface area (Å²) in [5, 5.41) is 4.23. The fraction of sp³-hybridized carbons (Fsp3) is 0.902. The van der Waals surface area contributed by atoms with Crippen LogP contribution in [-0.2, 0) is 0 Å². The minimum absolute atomic E-state index is 0.00190. The number of rotatable bonds is 8. The molecule has 1 atom stereocenters. The average Bonchev–Trinajstić information content (AvgIpc) is 3.22. The Labute approximate surface area is 285 Å². The number of allylic oxidation sites excluding steroid dienone is 4. The zero-order chi connectivity index (χ0) is 32.5. The van der Waals surface area contributed by atoms with E-state index in [1.165, 1.54) is 12.3 Å². The third-order valence-electron chi connectivity index (χ3n) is 14.6. The minimum Gasteiger partial charge on any atom is -0.0915 e. The first-order valence-corrected chi connectivity index (χ1v) is 29.8. The summed E-state index contributed by atoms with van der Waals surface area (Å²) in [6.07, 6.45) is 25.5. The molecule has 0 nitrogen and oxygen atoms in total. The van der Waals surface area contributed by atoms with Crippen molar-refractivity contribution < 1.29 is 0 Å². The first-order valence-electron chi connectivity index (χ1n) is 19.6. The molecule has 0 N–H and O–H groups in total. The van der Waals surface area contributed by atoms with Gasteiger partial charge in [-0.25, -0.2) is 0 Å². The fourth-order valence-electron chi connectivity index (χ4n) is 14.2. The molecule has 1 unspecified atom stereocenters. The number of hydrogen-bond acceptors (Lipinski definition) is 0. The molecule has 0 spiro atoms. The van der Waals surface area contributed by atoms with E-state index < -0.39 is 16.1 Å². The summed E-state index contributed by atoms with van der Waals surface area (Å²) in [5.41, 5.74) is 4.81. The van der Waals surface area contributed by atoms with Gasteiger partial charge in [-0.05, 0) is 157 Å².